The van der Waals surface area contributed by atoms with E-state index in [4.69, 9.17) is 0 Å². The van der Waals surface area contributed by atoms with E-state index in [0.29, 0.717) is 13.1 Å². The van der Waals surface area contributed by atoms with E-state index in [2.05, 4.69) is 10.4 Å². The van der Waals surface area contributed by atoms with Crippen molar-refractivity contribution in [2.24, 2.45) is 0 Å². The van der Waals surface area contributed by atoms with Crippen molar-refractivity contribution in [2.45, 2.75) is 0 Å². The van der Waals surface area contributed by atoms with Gasteiger partial charge in [-0.15, -0.1) is 0 Å². The Kier molecular flexibility index (Phi) is 4.73. The zero-order valence-corrected chi connectivity index (χ0v) is 14.6. The van der Waals surface area contributed by atoms with Crippen molar-refractivity contribution in [1.82, 2.24) is 24.1 Å². The maximum Gasteiger partial charge on any atom is 0.272 e. The highest BCUT2D eigenvalue weighted by Gasteiger charge is 2.26. The first-order chi connectivity index (χ1) is 11.8. The van der Waals surface area contributed by atoms with E-state index in [0.717, 1.165) is 11.8 Å². The molecule has 0 atom stereocenters. The van der Waals surface area contributed by atoms with E-state index < -0.39 is 15.9 Å². The Hall–Kier alpha value is -2.46. The third-order valence-electron chi connectivity index (χ3n) is 4.06. The molecule has 0 saturated carbocycles. The zero-order chi connectivity index (χ0) is 18.0. The van der Waals surface area contributed by atoms with Crippen molar-refractivity contribution in [3.05, 3.63) is 36.2 Å². The molecule has 0 bridgehead atoms. The lowest BCUT2D eigenvalue weighted by Crippen LogP contribution is -2.52. The lowest BCUT2D eigenvalue weighted by Gasteiger charge is -2.33. The van der Waals surface area contributed by atoms with Crippen LogP contribution in [0, 0.1) is 0 Å². The molecule has 0 spiro atoms. The number of nitrogens with one attached hydrogen (secondary N) is 1. The average molecular weight is 365 g/mol. The lowest BCUT2D eigenvalue weighted by molar-refractivity contribution is -0.131. The summed E-state index contributed by atoms with van der Waals surface area (Å²) in [5, 5.41) is 6.71. The van der Waals surface area contributed by atoms with Crippen LogP contribution in [0.5, 0.6) is 0 Å². The van der Waals surface area contributed by atoms with E-state index in [1.165, 1.54) is 4.31 Å². The van der Waals surface area contributed by atoms with E-state index in [9.17, 15) is 18.0 Å². The number of sulfonamides is 1. The molecule has 25 heavy (non-hydrogen) atoms. The summed E-state index contributed by atoms with van der Waals surface area (Å²) in [5.41, 5.74) is 1.02. The fourth-order valence-electron chi connectivity index (χ4n) is 2.68. The number of amides is 2. The topological polar surface area (TPSA) is 104 Å². The molecule has 1 aliphatic heterocycles. The average Bonchev–Trinajstić information content (AvgIpc) is 3.03. The van der Waals surface area contributed by atoms with Gasteiger partial charge < -0.3 is 10.2 Å². The molecule has 3 heterocycles. The van der Waals surface area contributed by atoms with Crippen molar-refractivity contribution in [3.63, 3.8) is 0 Å². The molecule has 2 amide bonds. The minimum atomic E-state index is -3.23. The summed E-state index contributed by atoms with van der Waals surface area (Å²) in [7, 11) is -3.23. The summed E-state index contributed by atoms with van der Waals surface area (Å²) < 4.78 is 25.9. The third kappa shape index (κ3) is 3.97. The summed E-state index contributed by atoms with van der Waals surface area (Å²) in [4.78, 5) is 25.9. The number of hydrogen-bond donors (Lipinski definition) is 1. The van der Waals surface area contributed by atoms with E-state index in [1.54, 1.807) is 27.7 Å². The smallest absolute Gasteiger partial charge is 0.272 e. The number of carbonyl (C=O) groups is 2. The molecule has 3 rings (SSSR count). The van der Waals surface area contributed by atoms with Crippen LogP contribution in [-0.4, -0.2) is 78.0 Å². The fraction of sp³-hybridized carbons (Fsp3) is 0.400. The number of rotatable bonds is 4. The summed E-state index contributed by atoms with van der Waals surface area (Å²) >= 11 is 0. The van der Waals surface area contributed by atoms with Crippen LogP contribution in [0.3, 0.4) is 0 Å². The van der Waals surface area contributed by atoms with Gasteiger partial charge in [0.15, 0.2) is 5.69 Å². The fourth-order valence-corrected chi connectivity index (χ4v) is 3.50. The molecule has 10 heteroatoms. The predicted molar refractivity (Wildman–Crippen MR) is 90.5 cm³/mol. The Balaban J connectivity index is 1.53. The van der Waals surface area contributed by atoms with Gasteiger partial charge in [-0.1, -0.05) is 6.07 Å². The number of fused-ring (bicyclic) bond motifs is 1. The molecule has 1 N–H and O–H groups in total. The Morgan fingerprint density at radius 3 is 2.56 bits per heavy atom. The van der Waals surface area contributed by atoms with Gasteiger partial charge in [0.2, 0.25) is 15.9 Å². The van der Waals surface area contributed by atoms with Crippen molar-refractivity contribution in [1.29, 1.82) is 0 Å². The highest BCUT2D eigenvalue weighted by atomic mass is 32.2. The molecule has 9 nitrogen and oxygen atoms in total. The highest BCUT2D eigenvalue weighted by molar-refractivity contribution is 7.88. The van der Waals surface area contributed by atoms with Gasteiger partial charge in [0.05, 0.1) is 18.3 Å². The second kappa shape index (κ2) is 6.81. The molecule has 0 radical (unpaired) electrons. The largest absolute Gasteiger partial charge is 0.342 e. The van der Waals surface area contributed by atoms with Crippen LogP contribution in [0.15, 0.2) is 30.5 Å². The van der Waals surface area contributed by atoms with Gasteiger partial charge in [-0.2, -0.15) is 9.40 Å². The number of aromatic nitrogens is 2. The van der Waals surface area contributed by atoms with Crippen LogP contribution < -0.4 is 5.32 Å². The Bertz CT molecular complexity index is 867. The van der Waals surface area contributed by atoms with Gasteiger partial charge in [-0.3, -0.25) is 9.59 Å². The van der Waals surface area contributed by atoms with Crippen LogP contribution in [0.2, 0.25) is 0 Å². The maximum absolute atomic E-state index is 12.2. The molecule has 134 valence electrons. The normalized spacial score (nSPS) is 16.1. The first-order valence-electron chi connectivity index (χ1n) is 7.80. The minimum Gasteiger partial charge on any atom is -0.342 e. The molecule has 1 aliphatic rings. The first-order valence-corrected chi connectivity index (χ1v) is 9.65. The third-order valence-corrected chi connectivity index (χ3v) is 5.37. The second-order valence-electron chi connectivity index (χ2n) is 5.83. The number of hydrogen-bond acceptors (Lipinski definition) is 5. The van der Waals surface area contributed by atoms with Crippen LogP contribution in [0.4, 0.5) is 0 Å². The Labute approximate surface area is 145 Å². The first kappa shape index (κ1) is 17.4. The monoisotopic (exact) mass is 365 g/mol. The number of nitrogens with zero attached hydrogens (tertiary/aromatic N) is 4. The summed E-state index contributed by atoms with van der Waals surface area (Å²) in [6, 6.07) is 7.13. The zero-order valence-electron chi connectivity index (χ0n) is 13.8. The molecule has 2 aromatic heterocycles. The van der Waals surface area contributed by atoms with Crippen molar-refractivity contribution in [3.8, 4) is 0 Å². The van der Waals surface area contributed by atoms with Gasteiger partial charge in [0.25, 0.3) is 5.91 Å². The standard InChI is InChI=1S/C15H19N5O4S/c1-25(23,24)19-8-6-18(7-9-19)14(21)11-16-15(22)13-10-12-4-2-3-5-20(12)17-13/h2-5,10H,6-9,11H2,1H3,(H,16,22). The Morgan fingerprint density at radius 1 is 1.20 bits per heavy atom. The number of carbonyl (C=O) groups excluding carboxylic acids is 2. The summed E-state index contributed by atoms with van der Waals surface area (Å²) in [6.45, 7) is 1.02. The quantitative estimate of drug-likeness (QED) is 0.761. The molecule has 0 aromatic carbocycles. The summed E-state index contributed by atoms with van der Waals surface area (Å²) in [6.07, 6.45) is 2.89. The second-order valence-corrected chi connectivity index (χ2v) is 7.81. The number of piperazine rings is 1. The van der Waals surface area contributed by atoms with Gasteiger partial charge in [0, 0.05) is 32.4 Å². The predicted octanol–water partition coefficient (Wildman–Crippen LogP) is -0.832. The van der Waals surface area contributed by atoms with Crippen LogP contribution in [-0.2, 0) is 14.8 Å². The van der Waals surface area contributed by atoms with Crippen LogP contribution >= 0.6 is 0 Å². The van der Waals surface area contributed by atoms with Crippen LogP contribution in [0.25, 0.3) is 5.52 Å². The molecule has 0 unspecified atom stereocenters. The maximum atomic E-state index is 12.2. The van der Waals surface area contributed by atoms with E-state index in [-0.39, 0.29) is 31.2 Å². The minimum absolute atomic E-state index is 0.147. The Morgan fingerprint density at radius 2 is 1.92 bits per heavy atom. The van der Waals surface area contributed by atoms with Crippen molar-refractivity contribution < 1.29 is 18.0 Å². The van der Waals surface area contributed by atoms with Gasteiger partial charge in [0.1, 0.15) is 0 Å². The summed E-state index contributed by atoms with van der Waals surface area (Å²) in [5.74, 6) is -0.669. The van der Waals surface area contributed by atoms with Crippen molar-refractivity contribution >= 4 is 27.4 Å². The van der Waals surface area contributed by atoms with E-state index in [1.807, 2.05) is 12.1 Å². The molecular formula is C15H19N5O4S. The molecule has 0 aliphatic carbocycles. The molecule has 1 fully saturated rings. The molecule has 1 saturated heterocycles. The van der Waals surface area contributed by atoms with Gasteiger partial charge in [-0.05, 0) is 18.2 Å². The van der Waals surface area contributed by atoms with Gasteiger partial charge >= 0.3 is 0 Å². The van der Waals surface area contributed by atoms with Crippen LogP contribution in [0.1, 0.15) is 10.5 Å². The van der Waals surface area contributed by atoms with E-state index >= 15 is 0 Å². The number of pyridine rings is 1. The van der Waals surface area contributed by atoms with Crippen molar-refractivity contribution in [2.75, 3.05) is 39.0 Å². The highest BCUT2D eigenvalue weighted by Crippen LogP contribution is 2.07. The van der Waals surface area contributed by atoms with Gasteiger partial charge in [-0.25, -0.2) is 12.9 Å². The molecule has 2 aromatic rings. The molecular weight excluding hydrogens is 346 g/mol. The SMILES string of the molecule is CS(=O)(=O)N1CCN(C(=O)CNC(=O)c2cc3ccccn3n2)CC1. The lowest BCUT2D eigenvalue weighted by atomic mass is 10.3.